The number of aromatic nitrogens is 1. The van der Waals surface area contributed by atoms with Crippen LogP contribution < -0.4 is 5.56 Å². The molecule has 0 saturated carbocycles. The summed E-state index contributed by atoms with van der Waals surface area (Å²) in [5.74, 6) is 1.33. The van der Waals surface area contributed by atoms with E-state index in [0.29, 0.717) is 25.6 Å². The Kier molecular flexibility index (Phi) is 3.63. The first-order valence-corrected chi connectivity index (χ1v) is 8.32. The van der Waals surface area contributed by atoms with Gasteiger partial charge in [-0.2, -0.15) is 0 Å². The monoisotopic (exact) mass is 324 g/mol. The average molecular weight is 324 g/mol. The fourth-order valence-electron chi connectivity index (χ4n) is 3.93. The van der Waals surface area contributed by atoms with Gasteiger partial charge in [-0.05, 0) is 43.0 Å². The Morgan fingerprint density at radius 3 is 2.88 bits per heavy atom. The van der Waals surface area contributed by atoms with E-state index in [1.165, 1.54) is 0 Å². The van der Waals surface area contributed by atoms with Crippen LogP contribution in [0.3, 0.4) is 0 Å². The summed E-state index contributed by atoms with van der Waals surface area (Å²) in [6.45, 7) is 3.96. The van der Waals surface area contributed by atoms with Crippen LogP contribution in [-0.4, -0.2) is 28.5 Å². The smallest absolute Gasteiger partial charge is 0.250 e. The molecule has 1 fully saturated rings. The summed E-state index contributed by atoms with van der Waals surface area (Å²) >= 11 is 0. The van der Waals surface area contributed by atoms with Crippen LogP contribution in [0.15, 0.2) is 51.9 Å². The third kappa shape index (κ3) is 2.60. The summed E-state index contributed by atoms with van der Waals surface area (Å²) in [6.07, 6.45) is 4.31. The molecule has 5 heteroatoms. The number of amides is 1. The van der Waals surface area contributed by atoms with Gasteiger partial charge in [0, 0.05) is 43.4 Å². The number of furan rings is 1. The lowest BCUT2D eigenvalue weighted by Gasteiger charge is -2.42. The zero-order valence-electron chi connectivity index (χ0n) is 13.6. The lowest BCUT2D eigenvalue weighted by Crippen LogP contribution is -2.48. The standard InChI is InChI=1S/C19H20N2O3/c1-13(17-5-3-7-24-17)8-19(23)20-10-14-9-15(12-20)16-4-2-6-18(22)21(16)11-14/h2-8,14-15H,9-12H2,1H3. The highest BCUT2D eigenvalue weighted by Gasteiger charge is 2.35. The molecule has 2 aliphatic heterocycles. The number of nitrogens with zero attached hydrogens (tertiary/aromatic N) is 2. The normalized spacial score (nSPS) is 23.0. The Balaban J connectivity index is 1.57. The van der Waals surface area contributed by atoms with Crippen molar-refractivity contribution >= 4 is 11.5 Å². The summed E-state index contributed by atoms with van der Waals surface area (Å²) in [4.78, 5) is 26.6. The molecular formula is C19H20N2O3. The highest BCUT2D eigenvalue weighted by Crippen LogP contribution is 2.35. The molecule has 124 valence electrons. The van der Waals surface area contributed by atoms with Gasteiger partial charge in [0.25, 0.3) is 5.56 Å². The van der Waals surface area contributed by atoms with E-state index in [1.54, 1.807) is 18.4 Å². The van der Waals surface area contributed by atoms with Crippen LogP contribution in [0.25, 0.3) is 5.57 Å². The number of fused-ring (bicyclic) bond motifs is 4. The van der Waals surface area contributed by atoms with Gasteiger partial charge in [-0.3, -0.25) is 9.59 Å². The van der Waals surface area contributed by atoms with Crippen LogP contribution in [0.2, 0.25) is 0 Å². The van der Waals surface area contributed by atoms with Gasteiger partial charge in [0.15, 0.2) is 0 Å². The number of likely N-dealkylation sites (tertiary alicyclic amines) is 1. The zero-order chi connectivity index (χ0) is 16.7. The molecule has 2 aromatic heterocycles. The van der Waals surface area contributed by atoms with Crippen LogP contribution in [-0.2, 0) is 11.3 Å². The minimum atomic E-state index is 0.0188. The van der Waals surface area contributed by atoms with Crippen molar-refractivity contribution in [2.45, 2.75) is 25.8 Å². The molecule has 24 heavy (non-hydrogen) atoms. The number of hydrogen-bond acceptors (Lipinski definition) is 3. The molecule has 1 amide bonds. The van der Waals surface area contributed by atoms with Crippen molar-refractivity contribution in [2.24, 2.45) is 5.92 Å². The quantitative estimate of drug-likeness (QED) is 0.798. The highest BCUT2D eigenvalue weighted by atomic mass is 16.3. The predicted octanol–water partition coefficient (Wildman–Crippen LogP) is 2.49. The fourth-order valence-corrected chi connectivity index (χ4v) is 3.93. The Morgan fingerprint density at radius 1 is 1.21 bits per heavy atom. The van der Waals surface area contributed by atoms with Crippen LogP contribution >= 0.6 is 0 Å². The van der Waals surface area contributed by atoms with Crippen molar-refractivity contribution in [1.82, 2.24) is 9.47 Å². The lowest BCUT2D eigenvalue weighted by molar-refractivity contribution is -0.128. The molecule has 4 heterocycles. The number of allylic oxidation sites excluding steroid dienone is 1. The molecule has 0 aromatic carbocycles. The molecule has 0 aliphatic carbocycles. The largest absolute Gasteiger partial charge is 0.465 e. The van der Waals surface area contributed by atoms with E-state index in [2.05, 4.69) is 0 Å². The van der Waals surface area contributed by atoms with Crippen LogP contribution in [0.4, 0.5) is 0 Å². The Morgan fingerprint density at radius 2 is 2.08 bits per heavy atom. The van der Waals surface area contributed by atoms with Crippen LogP contribution in [0.1, 0.15) is 30.7 Å². The number of carbonyl (C=O) groups is 1. The molecule has 2 bridgehead atoms. The molecule has 4 rings (SSSR count). The summed E-state index contributed by atoms with van der Waals surface area (Å²) in [5, 5.41) is 0. The van der Waals surface area contributed by atoms with Crippen molar-refractivity contribution in [1.29, 1.82) is 0 Å². The van der Waals surface area contributed by atoms with Gasteiger partial charge < -0.3 is 13.9 Å². The van der Waals surface area contributed by atoms with Gasteiger partial charge in [0.1, 0.15) is 5.76 Å². The van der Waals surface area contributed by atoms with Crippen molar-refractivity contribution < 1.29 is 9.21 Å². The first kappa shape index (κ1) is 15.0. The van der Waals surface area contributed by atoms with E-state index in [-0.39, 0.29) is 17.4 Å². The summed E-state index contributed by atoms with van der Waals surface area (Å²) < 4.78 is 7.22. The third-order valence-corrected chi connectivity index (χ3v) is 5.04. The number of pyridine rings is 1. The fraction of sp³-hybridized carbons (Fsp3) is 0.368. The SMILES string of the molecule is CC(=CC(=O)N1CC2CC(C1)c1cccc(=O)n1C2)c1ccco1. The van der Waals surface area contributed by atoms with Gasteiger partial charge in [-0.25, -0.2) is 0 Å². The first-order chi connectivity index (χ1) is 11.6. The van der Waals surface area contributed by atoms with E-state index in [4.69, 9.17) is 4.42 Å². The van der Waals surface area contributed by atoms with Gasteiger partial charge in [0.2, 0.25) is 5.91 Å². The average Bonchev–Trinajstić information content (AvgIpc) is 3.10. The number of piperidine rings is 1. The minimum Gasteiger partial charge on any atom is -0.465 e. The maximum atomic E-state index is 12.7. The third-order valence-electron chi connectivity index (χ3n) is 5.04. The van der Waals surface area contributed by atoms with E-state index < -0.39 is 0 Å². The van der Waals surface area contributed by atoms with E-state index >= 15 is 0 Å². The summed E-state index contributed by atoms with van der Waals surface area (Å²) in [6, 6.07) is 9.11. The molecule has 2 atom stereocenters. The second-order valence-electron chi connectivity index (χ2n) is 6.75. The molecule has 5 nitrogen and oxygen atoms in total. The van der Waals surface area contributed by atoms with Crippen LogP contribution in [0, 0.1) is 5.92 Å². The second kappa shape index (κ2) is 5.82. The molecule has 2 aromatic rings. The van der Waals surface area contributed by atoms with Crippen molar-refractivity contribution in [2.75, 3.05) is 13.1 Å². The van der Waals surface area contributed by atoms with Gasteiger partial charge in [-0.1, -0.05) is 6.07 Å². The van der Waals surface area contributed by atoms with E-state index in [9.17, 15) is 9.59 Å². The maximum absolute atomic E-state index is 12.7. The summed E-state index contributed by atoms with van der Waals surface area (Å²) in [7, 11) is 0. The van der Waals surface area contributed by atoms with Crippen molar-refractivity contribution in [3.63, 3.8) is 0 Å². The Hall–Kier alpha value is -2.56. The lowest BCUT2D eigenvalue weighted by atomic mass is 9.83. The molecule has 1 saturated heterocycles. The van der Waals surface area contributed by atoms with Crippen LogP contribution in [0.5, 0.6) is 0 Å². The maximum Gasteiger partial charge on any atom is 0.250 e. The number of carbonyl (C=O) groups excluding carboxylic acids is 1. The van der Waals surface area contributed by atoms with Gasteiger partial charge in [0.05, 0.1) is 6.26 Å². The minimum absolute atomic E-state index is 0.0188. The van der Waals surface area contributed by atoms with Crippen molar-refractivity contribution in [3.8, 4) is 0 Å². The van der Waals surface area contributed by atoms with Crippen molar-refractivity contribution in [3.05, 3.63) is 64.5 Å². The predicted molar refractivity (Wildman–Crippen MR) is 90.5 cm³/mol. The van der Waals surface area contributed by atoms with Gasteiger partial charge >= 0.3 is 0 Å². The molecule has 2 aliphatic rings. The summed E-state index contributed by atoms with van der Waals surface area (Å²) in [5.41, 5.74) is 1.95. The zero-order valence-corrected chi connectivity index (χ0v) is 13.6. The molecule has 2 unspecified atom stereocenters. The topological polar surface area (TPSA) is 55.5 Å². The Bertz CT molecular complexity index is 848. The molecular weight excluding hydrogens is 304 g/mol. The molecule has 0 spiro atoms. The van der Waals surface area contributed by atoms with E-state index in [1.807, 2.05) is 40.7 Å². The first-order valence-electron chi connectivity index (χ1n) is 8.32. The Labute approximate surface area is 140 Å². The number of rotatable bonds is 2. The molecule has 0 radical (unpaired) electrons. The molecule has 0 N–H and O–H groups in total. The van der Waals surface area contributed by atoms with E-state index in [0.717, 1.165) is 23.4 Å². The van der Waals surface area contributed by atoms with Gasteiger partial charge in [-0.15, -0.1) is 0 Å². The second-order valence-corrected chi connectivity index (χ2v) is 6.75. The highest BCUT2D eigenvalue weighted by molar-refractivity contribution is 5.94. The number of hydrogen-bond donors (Lipinski definition) is 0.